The van der Waals surface area contributed by atoms with E-state index in [0.717, 1.165) is 24.8 Å². The first kappa shape index (κ1) is 14.3. The normalized spacial score (nSPS) is 10.2. The summed E-state index contributed by atoms with van der Waals surface area (Å²) in [6.45, 7) is 2.81. The van der Waals surface area contributed by atoms with E-state index in [4.69, 9.17) is 0 Å². The van der Waals surface area contributed by atoms with Crippen molar-refractivity contribution in [3.63, 3.8) is 0 Å². The van der Waals surface area contributed by atoms with Crippen LogP contribution in [0.2, 0.25) is 0 Å². The van der Waals surface area contributed by atoms with Gasteiger partial charge in [0.2, 0.25) is 0 Å². The summed E-state index contributed by atoms with van der Waals surface area (Å²) in [5.41, 5.74) is 3.26. The van der Waals surface area contributed by atoms with Crippen molar-refractivity contribution < 1.29 is 4.79 Å². The van der Waals surface area contributed by atoms with Crippen LogP contribution in [0.15, 0.2) is 54.6 Å². The van der Waals surface area contributed by atoms with E-state index in [1.807, 2.05) is 42.5 Å². The van der Waals surface area contributed by atoms with Gasteiger partial charge >= 0.3 is 0 Å². The summed E-state index contributed by atoms with van der Waals surface area (Å²) in [5, 5.41) is 2.98. The molecule has 0 radical (unpaired) electrons. The largest absolute Gasteiger partial charge is 0.352 e. The summed E-state index contributed by atoms with van der Waals surface area (Å²) in [5.74, 6) is 0.0216. The van der Waals surface area contributed by atoms with Crippen LogP contribution in [0, 0.1) is 0 Å². The van der Waals surface area contributed by atoms with Crippen LogP contribution >= 0.6 is 0 Å². The minimum atomic E-state index is 0.0216. The fourth-order valence-corrected chi connectivity index (χ4v) is 2.17. The maximum atomic E-state index is 12.0. The van der Waals surface area contributed by atoms with Gasteiger partial charge in [-0.25, -0.2) is 0 Å². The Kier molecular flexibility index (Phi) is 5.36. The highest BCUT2D eigenvalue weighted by Gasteiger charge is 2.04. The maximum absolute atomic E-state index is 12.0. The summed E-state index contributed by atoms with van der Waals surface area (Å²) in [4.78, 5) is 12.0. The van der Waals surface area contributed by atoms with E-state index >= 15 is 0 Å². The van der Waals surface area contributed by atoms with Crippen LogP contribution in [-0.4, -0.2) is 12.5 Å². The highest BCUT2D eigenvalue weighted by Crippen LogP contribution is 2.06. The fraction of sp³-hybridized carbons (Fsp3) is 0.278. The second kappa shape index (κ2) is 7.49. The summed E-state index contributed by atoms with van der Waals surface area (Å²) in [6.07, 6.45) is 2.91. The average molecular weight is 267 g/mol. The third kappa shape index (κ3) is 4.23. The fourth-order valence-electron chi connectivity index (χ4n) is 2.17. The molecular formula is C18H21NO. The lowest BCUT2D eigenvalue weighted by atomic mass is 10.1. The van der Waals surface area contributed by atoms with Gasteiger partial charge in [0.1, 0.15) is 0 Å². The van der Waals surface area contributed by atoms with Gasteiger partial charge < -0.3 is 5.32 Å². The van der Waals surface area contributed by atoms with Gasteiger partial charge in [-0.05, 0) is 42.5 Å². The Hall–Kier alpha value is -2.09. The van der Waals surface area contributed by atoms with Gasteiger partial charge in [-0.1, -0.05) is 49.4 Å². The number of benzene rings is 2. The molecule has 2 rings (SSSR count). The van der Waals surface area contributed by atoms with Crippen molar-refractivity contribution >= 4 is 5.91 Å². The van der Waals surface area contributed by atoms with Gasteiger partial charge in [-0.3, -0.25) is 4.79 Å². The minimum absolute atomic E-state index is 0.0216. The van der Waals surface area contributed by atoms with Crippen molar-refractivity contribution in [3.8, 4) is 0 Å². The van der Waals surface area contributed by atoms with Crippen LogP contribution in [0.4, 0.5) is 0 Å². The van der Waals surface area contributed by atoms with Gasteiger partial charge in [0, 0.05) is 12.1 Å². The molecule has 1 N–H and O–H groups in total. The molecular weight excluding hydrogens is 246 g/mol. The molecule has 1 amide bonds. The lowest BCUT2D eigenvalue weighted by molar-refractivity contribution is 0.0953. The van der Waals surface area contributed by atoms with Crippen molar-refractivity contribution in [1.82, 2.24) is 5.32 Å². The molecule has 0 bridgehead atoms. The Morgan fingerprint density at radius 2 is 1.75 bits per heavy atom. The summed E-state index contributed by atoms with van der Waals surface area (Å²) in [6, 6.07) is 18.2. The Morgan fingerprint density at radius 1 is 1.00 bits per heavy atom. The van der Waals surface area contributed by atoms with E-state index < -0.39 is 0 Å². The van der Waals surface area contributed by atoms with Gasteiger partial charge in [-0.2, -0.15) is 0 Å². The van der Waals surface area contributed by atoms with Crippen molar-refractivity contribution in [3.05, 3.63) is 71.3 Å². The topological polar surface area (TPSA) is 29.1 Å². The zero-order valence-electron chi connectivity index (χ0n) is 11.9. The molecule has 0 spiro atoms. The molecule has 0 saturated carbocycles. The summed E-state index contributed by atoms with van der Waals surface area (Å²) in [7, 11) is 0. The number of hydrogen-bond acceptors (Lipinski definition) is 1. The van der Waals surface area contributed by atoms with Crippen LogP contribution in [0.3, 0.4) is 0 Å². The molecule has 0 fully saturated rings. The second-order valence-electron chi connectivity index (χ2n) is 4.90. The third-order valence-electron chi connectivity index (χ3n) is 3.37. The number of hydrogen-bond donors (Lipinski definition) is 1. The molecule has 0 aliphatic heterocycles. The first-order valence-corrected chi connectivity index (χ1v) is 7.20. The van der Waals surface area contributed by atoms with Crippen molar-refractivity contribution in [2.75, 3.05) is 6.54 Å². The number of nitrogens with one attached hydrogen (secondary N) is 1. The van der Waals surface area contributed by atoms with Crippen LogP contribution < -0.4 is 5.32 Å². The van der Waals surface area contributed by atoms with Crippen LogP contribution in [0.25, 0.3) is 0 Å². The quantitative estimate of drug-likeness (QED) is 0.796. The first-order chi connectivity index (χ1) is 9.79. The molecule has 0 heterocycles. The maximum Gasteiger partial charge on any atom is 0.251 e. The van der Waals surface area contributed by atoms with Crippen LogP contribution in [0.5, 0.6) is 0 Å². The van der Waals surface area contributed by atoms with Crippen molar-refractivity contribution in [1.29, 1.82) is 0 Å². The molecule has 20 heavy (non-hydrogen) atoms. The predicted octanol–water partition coefficient (Wildman–Crippen LogP) is 3.61. The third-order valence-corrected chi connectivity index (χ3v) is 3.37. The van der Waals surface area contributed by atoms with Gasteiger partial charge in [0.15, 0.2) is 0 Å². The predicted molar refractivity (Wildman–Crippen MR) is 82.9 cm³/mol. The Labute approximate surface area is 120 Å². The zero-order chi connectivity index (χ0) is 14.2. The van der Waals surface area contributed by atoms with Crippen molar-refractivity contribution in [2.45, 2.75) is 26.2 Å². The Balaban J connectivity index is 1.77. The van der Waals surface area contributed by atoms with Crippen LogP contribution in [0.1, 0.15) is 34.8 Å². The molecule has 0 unspecified atom stereocenters. The average Bonchev–Trinajstić information content (AvgIpc) is 2.52. The smallest absolute Gasteiger partial charge is 0.251 e. The number of aryl methyl sites for hydroxylation is 2. The summed E-state index contributed by atoms with van der Waals surface area (Å²) >= 11 is 0. The number of rotatable bonds is 6. The Morgan fingerprint density at radius 3 is 2.50 bits per heavy atom. The number of amides is 1. The van der Waals surface area contributed by atoms with Gasteiger partial charge in [0.25, 0.3) is 5.91 Å². The molecule has 2 aromatic rings. The van der Waals surface area contributed by atoms with E-state index in [2.05, 4.69) is 24.4 Å². The standard InChI is InChI=1S/C18H21NO/c1-2-15-10-6-12-17(14-15)18(20)19-13-7-11-16-8-4-3-5-9-16/h3-6,8-10,12,14H,2,7,11,13H2,1H3,(H,19,20). The molecule has 0 saturated heterocycles. The molecule has 104 valence electrons. The van der Waals surface area contributed by atoms with E-state index in [1.54, 1.807) is 0 Å². The number of carbonyl (C=O) groups is 1. The lowest BCUT2D eigenvalue weighted by Gasteiger charge is -2.06. The van der Waals surface area contributed by atoms with E-state index in [9.17, 15) is 4.79 Å². The van der Waals surface area contributed by atoms with Gasteiger partial charge in [-0.15, -0.1) is 0 Å². The van der Waals surface area contributed by atoms with E-state index in [1.165, 1.54) is 11.1 Å². The molecule has 0 atom stereocenters. The monoisotopic (exact) mass is 267 g/mol. The van der Waals surface area contributed by atoms with Crippen molar-refractivity contribution in [2.24, 2.45) is 0 Å². The molecule has 2 nitrogen and oxygen atoms in total. The van der Waals surface area contributed by atoms with Gasteiger partial charge in [0.05, 0.1) is 0 Å². The molecule has 0 aliphatic carbocycles. The highest BCUT2D eigenvalue weighted by molar-refractivity contribution is 5.94. The number of carbonyl (C=O) groups excluding carboxylic acids is 1. The SMILES string of the molecule is CCc1cccc(C(=O)NCCCc2ccccc2)c1. The minimum Gasteiger partial charge on any atom is -0.352 e. The first-order valence-electron chi connectivity index (χ1n) is 7.20. The molecule has 2 heteroatoms. The van der Waals surface area contributed by atoms with E-state index in [-0.39, 0.29) is 5.91 Å². The Bertz CT molecular complexity index is 548. The molecule has 0 aromatic heterocycles. The molecule has 0 aliphatic rings. The zero-order valence-corrected chi connectivity index (χ0v) is 11.9. The highest BCUT2D eigenvalue weighted by atomic mass is 16.1. The summed E-state index contributed by atoms with van der Waals surface area (Å²) < 4.78 is 0. The van der Waals surface area contributed by atoms with Crippen LogP contribution in [-0.2, 0) is 12.8 Å². The second-order valence-corrected chi connectivity index (χ2v) is 4.90. The lowest BCUT2D eigenvalue weighted by Crippen LogP contribution is -2.24. The van der Waals surface area contributed by atoms with E-state index in [0.29, 0.717) is 6.54 Å². The molecule has 2 aromatic carbocycles.